The molecule has 0 saturated heterocycles. The molecule has 2 atom stereocenters. The summed E-state index contributed by atoms with van der Waals surface area (Å²) < 4.78 is 6.04. The van der Waals surface area contributed by atoms with Crippen LogP contribution in [-0.2, 0) is 6.42 Å². The highest BCUT2D eigenvalue weighted by atomic mass is 35.5. The summed E-state index contributed by atoms with van der Waals surface area (Å²) in [4.78, 5) is 2.38. The van der Waals surface area contributed by atoms with Crippen molar-refractivity contribution >= 4 is 11.6 Å². The number of halogens is 1. The zero-order valence-corrected chi connectivity index (χ0v) is 20.0. The highest BCUT2D eigenvalue weighted by molar-refractivity contribution is 6.30. The average Bonchev–Trinajstić information content (AvgIpc) is 3.02. The molecule has 32 heavy (non-hydrogen) atoms. The van der Waals surface area contributed by atoms with Gasteiger partial charge in [0.1, 0.15) is 12.4 Å². The van der Waals surface area contributed by atoms with Crippen molar-refractivity contribution in [2.24, 2.45) is 0 Å². The molecule has 3 aromatic rings. The summed E-state index contributed by atoms with van der Waals surface area (Å²) in [5.41, 5.74) is 5.67. The topological polar surface area (TPSA) is 12.5 Å². The fraction of sp³-hybridized carbons (Fsp3) is 0.379. The molecule has 0 N–H and O–H groups in total. The van der Waals surface area contributed by atoms with Crippen molar-refractivity contribution in [1.29, 1.82) is 0 Å². The molecular formula is C29H34ClNO. The van der Waals surface area contributed by atoms with E-state index < -0.39 is 0 Å². The van der Waals surface area contributed by atoms with Gasteiger partial charge in [-0.05, 0) is 84.8 Å². The highest BCUT2D eigenvalue weighted by Crippen LogP contribution is 2.45. The molecule has 1 aliphatic carbocycles. The van der Waals surface area contributed by atoms with E-state index in [0.717, 1.165) is 43.4 Å². The second-order valence-electron chi connectivity index (χ2n) is 8.67. The van der Waals surface area contributed by atoms with E-state index in [-0.39, 0.29) is 0 Å². The maximum Gasteiger partial charge on any atom is 0.119 e. The van der Waals surface area contributed by atoms with Crippen LogP contribution in [0.25, 0.3) is 0 Å². The lowest BCUT2D eigenvalue weighted by Gasteiger charge is -2.28. The Morgan fingerprint density at radius 2 is 1.56 bits per heavy atom. The molecule has 0 heterocycles. The molecule has 2 nitrogen and oxygen atoms in total. The van der Waals surface area contributed by atoms with Gasteiger partial charge in [-0.2, -0.15) is 0 Å². The van der Waals surface area contributed by atoms with Crippen LogP contribution < -0.4 is 4.74 Å². The fourth-order valence-electron chi connectivity index (χ4n) is 5.05. The predicted octanol–water partition coefficient (Wildman–Crippen LogP) is 7.31. The Morgan fingerprint density at radius 3 is 2.28 bits per heavy atom. The number of likely N-dealkylation sites (N-methyl/N-ethyl adjacent to an activating group) is 1. The third-order valence-electron chi connectivity index (χ3n) is 6.86. The Hall–Kier alpha value is -2.29. The van der Waals surface area contributed by atoms with E-state index in [0.29, 0.717) is 11.8 Å². The lowest BCUT2D eigenvalue weighted by atomic mass is 9.76. The number of nitrogens with zero attached hydrogens (tertiary/aromatic N) is 1. The van der Waals surface area contributed by atoms with Crippen molar-refractivity contribution in [3.05, 3.63) is 100 Å². The summed E-state index contributed by atoms with van der Waals surface area (Å²) in [5.74, 6) is 1.72. The standard InChI is InChI=1S/C29H34ClNO/c1-3-31(4-2)20-21-32-26-18-14-24(15-19-26)29-27-10-6-5-8-22(27)9-7-11-28(29)23-12-16-25(30)17-13-23/h5-6,8,10,12-19,28-29H,3-4,7,9,11,20-21H2,1-2H3. The normalized spacial score (nSPS) is 18.2. The van der Waals surface area contributed by atoms with Gasteiger partial charge in [0.2, 0.25) is 0 Å². The summed E-state index contributed by atoms with van der Waals surface area (Å²) in [6, 6.07) is 26.3. The minimum Gasteiger partial charge on any atom is -0.492 e. The largest absolute Gasteiger partial charge is 0.492 e. The van der Waals surface area contributed by atoms with Gasteiger partial charge in [0.15, 0.2) is 0 Å². The molecule has 0 bridgehead atoms. The lowest BCUT2D eigenvalue weighted by molar-refractivity contribution is 0.223. The molecule has 0 fully saturated rings. The maximum atomic E-state index is 6.20. The summed E-state index contributed by atoms with van der Waals surface area (Å²) in [7, 11) is 0. The minimum absolute atomic E-state index is 0.333. The number of aryl methyl sites for hydroxylation is 1. The zero-order chi connectivity index (χ0) is 22.3. The number of benzene rings is 3. The van der Waals surface area contributed by atoms with Gasteiger partial charge in [0.25, 0.3) is 0 Å². The van der Waals surface area contributed by atoms with Gasteiger partial charge in [-0.3, -0.25) is 0 Å². The zero-order valence-electron chi connectivity index (χ0n) is 19.3. The Morgan fingerprint density at radius 1 is 0.875 bits per heavy atom. The van der Waals surface area contributed by atoms with Crippen LogP contribution in [0.1, 0.15) is 60.8 Å². The quantitative estimate of drug-likeness (QED) is 0.335. The third-order valence-corrected chi connectivity index (χ3v) is 7.11. The predicted molar refractivity (Wildman–Crippen MR) is 135 cm³/mol. The van der Waals surface area contributed by atoms with E-state index in [2.05, 4.69) is 79.4 Å². The van der Waals surface area contributed by atoms with E-state index in [1.807, 2.05) is 12.1 Å². The van der Waals surface area contributed by atoms with Crippen molar-refractivity contribution < 1.29 is 4.74 Å². The van der Waals surface area contributed by atoms with Crippen molar-refractivity contribution in [3.8, 4) is 5.75 Å². The van der Waals surface area contributed by atoms with Crippen LogP contribution in [0.4, 0.5) is 0 Å². The first-order valence-electron chi connectivity index (χ1n) is 12.0. The summed E-state index contributed by atoms with van der Waals surface area (Å²) in [6.45, 7) is 8.20. The van der Waals surface area contributed by atoms with Crippen LogP contribution in [0.2, 0.25) is 5.02 Å². The second kappa shape index (κ2) is 11.0. The molecule has 3 heteroatoms. The molecule has 0 aromatic heterocycles. The lowest BCUT2D eigenvalue weighted by Crippen LogP contribution is -2.27. The molecule has 168 valence electrons. The molecule has 0 amide bonds. The molecule has 0 radical (unpaired) electrons. The van der Waals surface area contributed by atoms with E-state index >= 15 is 0 Å². The van der Waals surface area contributed by atoms with Gasteiger partial charge >= 0.3 is 0 Å². The van der Waals surface area contributed by atoms with Crippen LogP contribution in [0.3, 0.4) is 0 Å². The first-order valence-corrected chi connectivity index (χ1v) is 12.4. The molecule has 1 aliphatic rings. The van der Waals surface area contributed by atoms with Crippen molar-refractivity contribution in [3.63, 3.8) is 0 Å². The Balaban J connectivity index is 1.61. The average molecular weight is 448 g/mol. The first kappa shape index (κ1) is 22.9. The SMILES string of the molecule is CCN(CC)CCOc1ccc(C2c3ccccc3CCCC2c2ccc(Cl)cc2)cc1. The molecule has 0 spiro atoms. The van der Waals surface area contributed by atoms with Crippen molar-refractivity contribution in [1.82, 2.24) is 4.90 Å². The summed E-state index contributed by atoms with van der Waals surface area (Å²) >= 11 is 6.20. The number of hydrogen-bond donors (Lipinski definition) is 0. The monoisotopic (exact) mass is 447 g/mol. The Kier molecular flexibility index (Phi) is 7.89. The Labute approximate surface area is 198 Å². The molecular weight excluding hydrogens is 414 g/mol. The summed E-state index contributed by atoms with van der Waals surface area (Å²) in [6.07, 6.45) is 3.51. The van der Waals surface area contributed by atoms with Gasteiger partial charge in [0.05, 0.1) is 0 Å². The summed E-state index contributed by atoms with van der Waals surface area (Å²) in [5, 5.41) is 0.797. The smallest absolute Gasteiger partial charge is 0.119 e. The van der Waals surface area contributed by atoms with E-state index in [1.54, 1.807) is 0 Å². The van der Waals surface area contributed by atoms with E-state index in [1.165, 1.54) is 35.1 Å². The second-order valence-corrected chi connectivity index (χ2v) is 9.11. The maximum absolute atomic E-state index is 6.20. The number of fused-ring (bicyclic) bond motifs is 1. The molecule has 3 aromatic carbocycles. The molecule has 0 aliphatic heterocycles. The van der Waals surface area contributed by atoms with E-state index in [9.17, 15) is 0 Å². The van der Waals surface area contributed by atoms with Gasteiger partial charge in [-0.15, -0.1) is 0 Å². The Bertz CT molecular complexity index is 979. The van der Waals surface area contributed by atoms with Crippen LogP contribution in [0.15, 0.2) is 72.8 Å². The number of ether oxygens (including phenoxy) is 1. The van der Waals surface area contributed by atoms with Crippen LogP contribution >= 0.6 is 11.6 Å². The third kappa shape index (κ3) is 5.36. The highest BCUT2D eigenvalue weighted by Gasteiger charge is 2.30. The number of rotatable bonds is 8. The van der Waals surface area contributed by atoms with Crippen molar-refractivity contribution in [2.75, 3.05) is 26.2 Å². The number of hydrogen-bond acceptors (Lipinski definition) is 2. The van der Waals surface area contributed by atoms with Gasteiger partial charge in [0, 0.05) is 17.5 Å². The van der Waals surface area contributed by atoms with Crippen LogP contribution in [-0.4, -0.2) is 31.1 Å². The van der Waals surface area contributed by atoms with Crippen molar-refractivity contribution in [2.45, 2.75) is 44.9 Å². The van der Waals surface area contributed by atoms with E-state index in [4.69, 9.17) is 16.3 Å². The molecule has 4 rings (SSSR count). The van der Waals surface area contributed by atoms with Crippen LogP contribution in [0.5, 0.6) is 5.75 Å². The van der Waals surface area contributed by atoms with Crippen LogP contribution in [0, 0.1) is 0 Å². The van der Waals surface area contributed by atoms with Gasteiger partial charge in [-0.25, -0.2) is 0 Å². The minimum atomic E-state index is 0.333. The van der Waals surface area contributed by atoms with Gasteiger partial charge < -0.3 is 9.64 Å². The fourth-order valence-corrected chi connectivity index (χ4v) is 5.17. The van der Waals surface area contributed by atoms with Gasteiger partial charge in [-0.1, -0.05) is 74.0 Å². The first-order chi connectivity index (χ1) is 15.7. The molecule has 0 saturated carbocycles. The molecule has 2 unspecified atom stereocenters.